The van der Waals surface area contributed by atoms with Crippen LogP contribution < -0.4 is 5.73 Å². The normalized spacial score (nSPS) is 14.3. The molecule has 0 radical (unpaired) electrons. The molecule has 7 heteroatoms. The molecule has 0 fully saturated rings. The fourth-order valence-electron chi connectivity index (χ4n) is 1.33. The number of aliphatic hydroxyl groups excluding tert-OH is 1. The van der Waals surface area contributed by atoms with Gasteiger partial charge in [0, 0.05) is 31.3 Å². The molecule has 1 heterocycles. The minimum absolute atomic E-state index is 0.0503. The SMILES string of the molecule is Cn1cc(C(CN)CO)c(C(F)(F)F)n1. The first-order valence-corrected chi connectivity index (χ1v) is 4.31. The Morgan fingerprint density at radius 2 is 2.20 bits per heavy atom. The highest BCUT2D eigenvalue weighted by atomic mass is 19.4. The lowest BCUT2D eigenvalue weighted by molar-refractivity contribution is -0.142. The summed E-state index contributed by atoms with van der Waals surface area (Å²) < 4.78 is 38.6. The maximum Gasteiger partial charge on any atom is 0.435 e. The van der Waals surface area contributed by atoms with Crippen molar-refractivity contribution in [1.29, 1.82) is 0 Å². The van der Waals surface area contributed by atoms with Gasteiger partial charge in [-0.2, -0.15) is 18.3 Å². The van der Waals surface area contributed by atoms with Gasteiger partial charge in [0.25, 0.3) is 0 Å². The molecule has 0 aliphatic rings. The predicted molar refractivity (Wildman–Crippen MR) is 47.1 cm³/mol. The summed E-state index contributed by atoms with van der Waals surface area (Å²) in [6.07, 6.45) is -3.28. The average molecular weight is 223 g/mol. The van der Waals surface area contributed by atoms with Crippen molar-refractivity contribution in [2.24, 2.45) is 12.8 Å². The van der Waals surface area contributed by atoms with Gasteiger partial charge in [-0.05, 0) is 0 Å². The highest BCUT2D eigenvalue weighted by Gasteiger charge is 2.38. The van der Waals surface area contributed by atoms with E-state index in [9.17, 15) is 13.2 Å². The van der Waals surface area contributed by atoms with E-state index in [4.69, 9.17) is 10.8 Å². The third-order valence-corrected chi connectivity index (χ3v) is 2.07. The van der Waals surface area contributed by atoms with Gasteiger partial charge in [-0.1, -0.05) is 0 Å². The lowest BCUT2D eigenvalue weighted by Crippen LogP contribution is -2.19. The number of hydrogen-bond donors (Lipinski definition) is 2. The number of hydrogen-bond acceptors (Lipinski definition) is 3. The zero-order valence-corrected chi connectivity index (χ0v) is 8.12. The molecule has 1 rings (SSSR count). The van der Waals surface area contributed by atoms with Crippen LogP contribution in [0.3, 0.4) is 0 Å². The van der Waals surface area contributed by atoms with Crippen LogP contribution in [0.1, 0.15) is 17.2 Å². The molecule has 1 aromatic rings. The molecular formula is C8H12F3N3O. The van der Waals surface area contributed by atoms with Gasteiger partial charge in [0.1, 0.15) is 0 Å². The Morgan fingerprint density at radius 3 is 2.60 bits per heavy atom. The Balaban J connectivity index is 3.16. The smallest absolute Gasteiger partial charge is 0.396 e. The maximum absolute atomic E-state index is 12.5. The van der Waals surface area contributed by atoms with Gasteiger partial charge in [0.2, 0.25) is 0 Å². The monoisotopic (exact) mass is 223 g/mol. The van der Waals surface area contributed by atoms with Gasteiger partial charge in [0.15, 0.2) is 5.69 Å². The molecule has 1 aromatic heterocycles. The minimum Gasteiger partial charge on any atom is -0.396 e. The number of nitrogens with zero attached hydrogens (tertiary/aromatic N) is 2. The van der Waals surface area contributed by atoms with E-state index in [1.807, 2.05) is 0 Å². The van der Waals surface area contributed by atoms with Gasteiger partial charge in [-0.25, -0.2) is 0 Å². The Morgan fingerprint density at radius 1 is 1.60 bits per heavy atom. The van der Waals surface area contributed by atoms with E-state index in [0.717, 1.165) is 4.68 Å². The van der Waals surface area contributed by atoms with Crippen LogP contribution in [0.15, 0.2) is 6.20 Å². The van der Waals surface area contributed by atoms with Crippen molar-refractivity contribution in [3.05, 3.63) is 17.5 Å². The van der Waals surface area contributed by atoms with E-state index >= 15 is 0 Å². The summed E-state index contributed by atoms with van der Waals surface area (Å²) in [5.41, 5.74) is 4.23. The highest BCUT2D eigenvalue weighted by Crippen LogP contribution is 2.33. The minimum atomic E-state index is -4.51. The van der Waals surface area contributed by atoms with Crippen LogP contribution in [0.25, 0.3) is 0 Å². The van der Waals surface area contributed by atoms with E-state index < -0.39 is 24.4 Å². The summed E-state index contributed by atoms with van der Waals surface area (Å²) in [6, 6.07) is 0. The summed E-state index contributed by atoms with van der Waals surface area (Å²) in [6.45, 7) is -0.476. The van der Waals surface area contributed by atoms with Crippen molar-refractivity contribution >= 4 is 0 Å². The van der Waals surface area contributed by atoms with E-state index in [-0.39, 0.29) is 12.1 Å². The van der Waals surface area contributed by atoms with E-state index in [2.05, 4.69) is 5.10 Å². The number of halogens is 3. The first kappa shape index (κ1) is 12.0. The molecule has 86 valence electrons. The third kappa shape index (κ3) is 2.48. The van der Waals surface area contributed by atoms with Crippen molar-refractivity contribution in [3.63, 3.8) is 0 Å². The largest absolute Gasteiger partial charge is 0.435 e. The lowest BCUT2D eigenvalue weighted by atomic mass is 10.0. The van der Waals surface area contributed by atoms with Crippen LogP contribution in [0.4, 0.5) is 13.2 Å². The zero-order chi connectivity index (χ0) is 11.6. The van der Waals surface area contributed by atoms with Crippen molar-refractivity contribution < 1.29 is 18.3 Å². The van der Waals surface area contributed by atoms with E-state index in [0.29, 0.717) is 0 Å². The Labute approximate surface area is 84.5 Å². The summed E-state index contributed by atoms with van der Waals surface area (Å²) in [7, 11) is 1.39. The molecule has 4 nitrogen and oxygen atoms in total. The van der Waals surface area contributed by atoms with E-state index in [1.165, 1.54) is 13.2 Å². The molecule has 0 spiro atoms. The van der Waals surface area contributed by atoms with Gasteiger partial charge in [-0.15, -0.1) is 0 Å². The molecule has 15 heavy (non-hydrogen) atoms. The number of aliphatic hydroxyl groups is 1. The van der Waals surface area contributed by atoms with Crippen LogP contribution in [0.2, 0.25) is 0 Å². The van der Waals surface area contributed by atoms with Gasteiger partial charge in [-0.3, -0.25) is 4.68 Å². The molecule has 0 aromatic carbocycles. The fraction of sp³-hybridized carbons (Fsp3) is 0.625. The zero-order valence-electron chi connectivity index (χ0n) is 8.12. The summed E-state index contributed by atoms with van der Waals surface area (Å²) >= 11 is 0. The molecule has 0 amide bonds. The molecular weight excluding hydrogens is 211 g/mol. The van der Waals surface area contributed by atoms with Crippen LogP contribution in [0.5, 0.6) is 0 Å². The lowest BCUT2D eigenvalue weighted by Gasteiger charge is -2.12. The van der Waals surface area contributed by atoms with Crippen LogP contribution in [-0.4, -0.2) is 28.0 Å². The molecule has 0 aliphatic carbocycles. The maximum atomic E-state index is 12.5. The Kier molecular flexibility index (Phi) is 3.35. The Hall–Kier alpha value is -1.08. The number of rotatable bonds is 3. The Bertz CT molecular complexity index is 330. The molecule has 1 unspecified atom stereocenters. The predicted octanol–water partition coefficient (Wildman–Crippen LogP) is 0.474. The highest BCUT2D eigenvalue weighted by molar-refractivity contribution is 5.25. The molecule has 0 saturated carbocycles. The molecule has 0 aliphatic heterocycles. The molecule has 1 atom stereocenters. The first-order chi connectivity index (χ1) is 6.90. The number of aromatic nitrogens is 2. The van der Waals surface area contributed by atoms with Crippen molar-refractivity contribution in [1.82, 2.24) is 9.78 Å². The van der Waals surface area contributed by atoms with Crippen LogP contribution in [0, 0.1) is 0 Å². The first-order valence-electron chi connectivity index (χ1n) is 4.31. The third-order valence-electron chi connectivity index (χ3n) is 2.07. The van der Waals surface area contributed by atoms with Gasteiger partial charge < -0.3 is 10.8 Å². The standard InChI is InChI=1S/C8H12F3N3O/c1-14-3-6(5(2-12)4-15)7(13-14)8(9,10)11/h3,5,15H,2,4,12H2,1H3. The van der Waals surface area contributed by atoms with E-state index in [1.54, 1.807) is 0 Å². The topological polar surface area (TPSA) is 64.1 Å². The second-order valence-corrected chi connectivity index (χ2v) is 3.22. The summed E-state index contributed by atoms with van der Waals surface area (Å²) in [5, 5.41) is 12.2. The molecule has 0 bridgehead atoms. The molecule has 3 N–H and O–H groups in total. The summed E-state index contributed by atoms with van der Waals surface area (Å²) in [5.74, 6) is -0.727. The average Bonchev–Trinajstić information content (AvgIpc) is 2.49. The second kappa shape index (κ2) is 4.19. The van der Waals surface area contributed by atoms with Crippen LogP contribution in [-0.2, 0) is 13.2 Å². The van der Waals surface area contributed by atoms with Gasteiger partial charge >= 0.3 is 6.18 Å². The second-order valence-electron chi connectivity index (χ2n) is 3.22. The van der Waals surface area contributed by atoms with Crippen molar-refractivity contribution in [2.45, 2.75) is 12.1 Å². The molecule has 0 saturated heterocycles. The number of alkyl halides is 3. The van der Waals surface area contributed by atoms with Crippen molar-refractivity contribution in [2.75, 3.05) is 13.2 Å². The van der Waals surface area contributed by atoms with Crippen LogP contribution >= 0.6 is 0 Å². The quantitative estimate of drug-likeness (QED) is 0.783. The number of nitrogens with two attached hydrogens (primary N) is 1. The van der Waals surface area contributed by atoms with Crippen molar-refractivity contribution in [3.8, 4) is 0 Å². The summed E-state index contributed by atoms with van der Waals surface area (Å²) in [4.78, 5) is 0. The fourth-order valence-corrected chi connectivity index (χ4v) is 1.33. The van der Waals surface area contributed by atoms with Gasteiger partial charge in [0.05, 0.1) is 6.61 Å². The number of aryl methyl sites for hydroxylation is 1.